The number of aromatic nitrogens is 1. The van der Waals surface area contributed by atoms with Gasteiger partial charge in [0.05, 0.1) is 5.01 Å². The fourth-order valence-corrected chi connectivity index (χ4v) is 3.58. The molecule has 2 nitrogen and oxygen atoms in total. The molecule has 1 heterocycles. The van der Waals surface area contributed by atoms with Gasteiger partial charge in [-0.15, -0.1) is 11.3 Å². The minimum Gasteiger partial charge on any atom is -0.314 e. The molecule has 1 aliphatic rings. The summed E-state index contributed by atoms with van der Waals surface area (Å²) in [5.41, 5.74) is 0. The summed E-state index contributed by atoms with van der Waals surface area (Å²) >= 11 is 1.77. The molecule has 1 N–H and O–H groups in total. The van der Waals surface area contributed by atoms with Gasteiger partial charge in [0.25, 0.3) is 0 Å². The van der Waals surface area contributed by atoms with Crippen LogP contribution < -0.4 is 5.32 Å². The molecule has 1 saturated carbocycles. The van der Waals surface area contributed by atoms with Crippen LogP contribution in [0.4, 0.5) is 0 Å². The lowest BCUT2D eigenvalue weighted by molar-refractivity contribution is 0.338. The van der Waals surface area contributed by atoms with Crippen molar-refractivity contribution in [1.29, 1.82) is 0 Å². The quantitative estimate of drug-likeness (QED) is 0.818. The molecule has 0 saturated heterocycles. The third kappa shape index (κ3) is 4.36. The Kier molecular flexibility index (Phi) is 5.64. The van der Waals surface area contributed by atoms with Crippen molar-refractivity contribution in [2.75, 3.05) is 6.54 Å². The number of hydrogen-bond acceptors (Lipinski definition) is 3. The van der Waals surface area contributed by atoms with Crippen LogP contribution >= 0.6 is 11.3 Å². The van der Waals surface area contributed by atoms with E-state index in [2.05, 4.69) is 29.5 Å². The molecule has 1 fully saturated rings. The first-order chi connectivity index (χ1) is 8.75. The van der Waals surface area contributed by atoms with E-state index in [4.69, 9.17) is 0 Å². The normalized spacial score (nSPS) is 25.3. The van der Waals surface area contributed by atoms with Crippen LogP contribution in [0.25, 0.3) is 0 Å². The lowest BCUT2D eigenvalue weighted by atomic mass is 9.89. The molecule has 2 atom stereocenters. The van der Waals surface area contributed by atoms with E-state index >= 15 is 0 Å². The average molecular weight is 266 g/mol. The van der Waals surface area contributed by atoms with Crippen LogP contribution in [-0.2, 0) is 6.42 Å². The molecular weight excluding hydrogens is 240 g/mol. The van der Waals surface area contributed by atoms with Gasteiger partial charge in [0.1, 0.15) is 0 Å². The Hall–Kier alpha value is -0.410. The molecule has 0 aliphatic heterocycles. The van der Waals surface area contributed by atoms with E-state index in [1.165, 1.54) is 37.1 Å². The lowest BCUT2D eigenvalue weighted by Gasteiger charge is -2.19. The van der Waals surface area contributed by atoms with Crippen LogP contribution in [0.1, 0.15) is 51.0 Å². The van der Waals surface area contributed by atoms with Crippen molar-refractivity contribution in [2.24, 2.45) is 11.8 Å². The fourth-order valence-electron chi connectivity index (χ4n) is 2.96. The number of rotatable bonds is 5. The molecule has 2 rings (SSSR count). The van der Waals surface area contributed by atoms with Crippen molar-refractivity contribution in [3.63, 3.8) is 0 Å². The second-order valence-corrected chi connectivity index (χ2v) is 6.82. The van der Waals surface area contributed by atoms with Gasteiger partial charge in [-0.1, -0.05) is 26.7 Å². The van der Waals surface area contributed by atoms with Gasteiger partial charge in [0.2, 0.25) is 0 Å². The van der Waals surface area contributed by atoms with Gasteiger partial charge in [-0.3, -0.25) is 0 Å². The SMILES string of the molecule is CC(C)C1CCCC(NCCc2nccs2)CC1. The maximum Gasteiger partial charge on any atom is 0.0937 e. The summed E-state index contributed by atoms with van der Waals surface area (Å²) in [4.78, 5) is 4.33. The van der Waals surface area contributed by atoms with E-state index in [1.54, 1.807) is 11.3 Å². The molecular formula is C15H26N2S. The second-order valence-electron chi connectivity index (χ2n) is 5.84. The predicted molar refractivity (Wildman–Crippen MR) is 79.0 cm³/mol. The maximum absolute atomic E-state index is 4.33. The smallest absolute Gasteiger partial charge is 0.0937 e. The zero-order valence-electron chi connectivity index (χ0n) is 11.7. The van der Waals surface area contributed by atoms with E-state index in [0.29, 0.717) is 0 Å². The Balaban J connectivity index is 1.67. The highest BCUT2D eigenvalue weighted by Gasteiger charge is 2.20. The van der Waals surface area contributed by atoms with Gasteiger partial charge in [0, 0.05) is 30.6 Å². The summed E-state index contributed by atoms with van der Waals surface area (Å²) in [7, 11) is 0. The summed E-state index contributed by atoms with van der Waals surface area (Å²) in [6.45, 7) is 5.84. The number of nitrogens with one attached hydrogen (secondary N) is 1. The highest BCUT2D eigenvalue weighted by molar-refractivity contribution is 7.09. The van der Waals surface area contributed by atoms with Crippen molar-refractivity contribution < 1.29 is 0 Å². The van der Waals surface area contributed by atoms with E-state index in [0.717, 1.165) is 30.8 Å². The lowest BCUT2D eigenvalue weighted by Crippen LogP contribution is -2.30. The van der Waals surface area contributed by atoms with Crippen molar-refractivity contribution in [2.45, 2.75) is 58.4 Å². The van der Waals surface area contributed by atoms with Crippen molar-refractivity contribution in [3.8, 4) is 0 Å². The van der Waals surface area contributed by atoms with Gasteiger partial charge in [-0.25, -0.2) is 4.98 Å². The summed E-state index contributed by atoms with van der Waals surface area (Å²) in [6.07, 6.45) is 9.95. The standard InChI is InChI=1S/C15H26N2S/c1-12(2)13-4-3-5-14(7-6-13)16-9-8-15-17-10-11-18-15/h10-14,16H,3-9H2,1-2H3. The van der Waals surface area contributed by atoms with Gasteiger partial charge < -0.3 is 5.32 Å². The van der Waals surface area contributed by atoms with Crippen LogP contribution in [-0.4, -0.2) is 17.6 Å². The number of thiazole rings is 1. The van der Waals surface area contributed by atoms with Gasteiger partial charge >= 0.3 is 0 Å². The molecule has 1 aromatic rings. The molecule has 0 amide bonds. The van der Waals surface area contributed by atoms with Gasteiger partial charge in [-0.05, 0) is 31.1 Å². The van der Waals surface area contributed by atoms with E-state index < -0.39 is 0 Å². The van der Waals surface area contributed by atoms with Crippen LogP contribution in [0.5, 0.6) is 0 Å². The largest absolute Gasteiger partial charge is 0.314 e. The van der Waals surface area contributed by atoms with E-state index in [-0.39, 0.29) is 0 Å². The molecule has 0 spiro atoms. The summed E-state index contributed by atoms with van der Waals surface area (Å²) in [5.74, 6) is 1.81. The fraction of sp³-hybridized carbons (Fsp3) is 0.800. The topological polar surface area (TPSA) is 24.9 Å². The highest BCUT2D eigenvalue weighted by atomic mass is 32.1. The third-order valence-corrected chi connectivity index (χ3v) is 5.05. The summed E-state index contributed by atoms with van der Waals surface area (Å²) < 4.78 is 0. The Morgan fingerprint density at radius 2 is 2.22 bits per heavy atom. The molecule has 18 heavy (non-hydrogen) atoms. The predicted octanol–water partition coefficient (Wildman–Crippen LogP) is 3.88. The zero-order chi connectivity index (χ0) is 12.8. The van der Waals surface area contributed by atoms with Gasteiger partial charge in [0.15, 0.2) is 0 Å². The Labute approximate surface area is 115 Å². The molecule has 102 valence electrons. The summed E-state index contributed by atoms with van der Waals surface area (Å²) in [5, 5.41) is 7.05. The van der Waals surface area contributed by atoms with Crippen LogP contribution in [0.15, 0.2) is 11.6 Å². The monoisotopic (exact) mass is 266 g/mol. The number of hydrogen-bond donors (Lipinski definition) is 1. The second kappa shape index (κ2) is 7.25. The minimum absolute atomic E-state index is 0.744. The van der Waals surface area contributed by atoms with E-state index in [1.807, 2.05) is 6.20 Å². The van der Waals surface area contributed by atoms with Gasteiger partial charge in [-0.2, -0.15) is 0 Å². The Morgan fingerprint density at radius 1 is 1.33 bits per heavy atom. The first-order valence-corrected chi connectivity index (χ1v) is 8.25. The minimum atomic E-state index is 0.744. The molecule has 0 bridgehead atoms. The Morgan fingerprint density at radius 3 is 2.94 bits per heavy atom. The Bertz CT molecular complexity index is 321. The van der Waals surface area contributed by atoms with Crippen molar-refractivity contribution >= 4 is 11.3 Å². The molecule has 3 heteroatoms. The van der Waals surface area contributed by atoms with Crippen LogP contribution in [0.3, 0.4) is 0 Å². The first kappa shape index (κ1) is 14.0. The molecule has 0 radical (unpaired) electrons. The zero-order valence-corrected chi connectivity index (χ0v) is 12.5. The maximum atomic E-state index is 4.33. The molecule has 0 aromatic carbocycles. The molecule has 2 unspecified atom stereocenters. The highest BCUT2D eigenvalue weighted by Crippen LogP contribution is 2.28. The summed E-state index contributed by atoms with van der Waals surface area (Å²) in [6, 6.07) is 0.744. The molecule has 1 aliphatic carbocycles. The van der Waals surface area contributed by atoms with E-state index in [9.17, 15) is 0 Å². The first-order valence-electron chi connectivity index (χ1n) is 7.37. The number of nitrogens with zero attached hydrogens (tertiary/aromatic N) is 1. The molecule has 1 aromatic heterocycles. The van der Waals surface area contributed by atoms with Crippen molar-refractivity contribution in [3.05, 3.63) is 16.6 Å². The van der Waals surface area contributed by atoms with Crippen LogP contribution in [0.2, 0.25) is 0 Å². The van der Waals surface area contributed by atoms with Crippen molar-refractivity contribution in [1.82, 2.24) is 10.3 Å². The average Bonchev–Trinajstić information content (AvgIpc) is 2.73. The third-order valence-electron chi connectivity index (χ3n) is 4.21. The van der Waals surface area contributed by atoms with Crippen LogP contribution in [0, 0.1) is 11.8 Å².